The van der Waals surface area contributed by atoms with Gasteiger partial charge in [0.2, 0.25) is 0 Å². The van der Waals surface area contributed by atoms with Crippen molar-refractivity contribution in [1.29, 1.82) is 0 Å². The van der Waals surface area contributed by atoms with Gasteiger partial charge in [0.15, 0.2) is 0 Å². The molecule has 0 radical (unpaired) electrons. The maximum atomic E-state index is 6.12. The zero-order valence-electron chi connectivity index (χ0n) is 11.7. The van der Waals surface area contributed by atoms with Crippen molar-refractivity contribution in [2.45, 2.75) is 0 Å². The van der Waals surface area contributed by atoms with Gasteiger partial charge in [0.05, 0.1) is 5.52 Å². The quantitative estimate of drug-likeness (QED) is 0.768. The molecule has 3 rings (SSSR count). The molecule has 0 unspecified atom stereocenters. The maximum Gasteiger partial charge on any atom is 0.131 e. The lowest BCUT2D eigenvalue weighted by molar-refractivity contribution is 1.13. The molecule has 2 aromatic carbocycles. The highest BCUT2D eigenvalue weighted by molar-refractivity contribution is 5.90. The molecular formula is C17H17N3. The van der Waals surface area contributed by atoms with Gasteiger partial charge < -0.3 is 10.6 Å². The second-order valence-corrected chi connectivity index (χ2v) is 5.06. The molecule has 0 saturated carbocycles. The van der Waals surface area contributed by atoms with Crippen molar-refractivity contribution in [1.82, 2.24) is 4.98 Å². The van der Waals surface area contributed by atoms with Gasteiger partial charge in [0.1, 0.15) is 5.82 Å². The van der Waals surface area contributed by atoms with Crippen molar-refractivity contribution in [2.75, 3.05) is 24.7 Å². The molecule has 0 aliphatic rings. The zero-order valence-corrected chi connectivity index (χ0v) is 11.7. The molecule has 3 nitrogen and oxygen atoms in total. The molecule has 0 spiro atoms. The van der Waals surface area contributed by atoms with Gasteiger partial charge in [0.25, 0.3) is 0 Å². The summed E-state index contributed by atoms with van der Waals surface area (Å²) in [6.07, 6.45) is 0. The molecule has 20 heavy (non-hydrogen) atoms. The average molecular weight is 263 g/mol. The van der Waals surface area contributed by atoms with Crippen LogP contribution in [-0.4, -0.2) is 19.1 Å². The Morgan fingerprint density at radius 2 is 1.70 bits per heavy atom. The lowest BCUT2D eigenvalue weighted by Crippen LogP contribution is -2.08. The van der Waals surface area contributed by atoms with Crippen LogP contribution < -0.4 is 10.6 Å². The van der Waals surface area contributed by atoms with Crippen LogP contribution in [0.4, 0.5) is 11.5 Å². The predicted octanol–water partition coefficient (Wildman–Crippen LogP) is 3.55. The van der Waals surface area contributed by atoms with Crippen LogP contribution in [0.3, 0.4) is 0 Å². The SMILES string of the molecule is CN(C)c1ccc2cc(-c3ccccc3)c(N)nc2c1. The minimum atomic E-state index is 0.569. The number of fused-ring (bicyclic) bond motifs is 1. The smallest absolute Gasteiger partial charge is 0.131 e. The fourth-order valence-corrected chi connectivity index (χ4v) is 2.30. The van der Waals surface area contributed by atoms with Gasteiger partial charge in [-0.1, -0.05) is 36.4 Å². The Morgan fingerprint density at radius 1 is 0.950 bits per heavy atom. The van der Waals surface area contributed by atoms with Gasteiger partial charge in [-0.3, -0.25) is 0 Å². The number of nitrogens with zero attached hydrogens (tertiary/aromatic N) is 2. The Labute approximate surface area is 118 Å². The molecule has 0 aliphatic heterocycles. The lowest BCUT2D eigenvalue weighted by Gasteiger charge is -2.14. The van der Waals surface area contributed by atoms with Gasteiger partial charge in [-0.05, 0) is 23.8 Å². The summed E-state index contributed by atoms with van der Waals surface area (Å²) >= 11 is 0. The average Bonchev–Trinajstić information content (AvgIpc) is 2.46. The summed E-state index contributed by atoms with van der Waals surface area (Å²) in [6, 6.07) is 18.5. The minimum absolute atomic E-state index is 0.569. The molecule has 3 heteroatoms. The fourth-order valence-electron chi connectivity index (χ4n) is 2.30. The highest BCUT2D eigenvalue weighted by Gasteiger charge is 2.07. The summed E-state index contributed by atoms with van der Waals surface area (Å²) < 4.78 is 0. The fraction of sp³-hybridized carbons (Fsp3) is 0.118. The van der Waals surface area contributed by atoms with Crippen LogP contribution in [0, 0.1) is 0 Å². The van der Waals surface area contributed by atoms with Crippen LogP contribution in [0.5, 0.6) is 0 Å². The maximum absolute atomic E-state index is 6.12. The van der Waals surface area contributed by atoms with Crippen molar-refractivity contribution in [3.63, 3.8) is 0 Å². The molecule has 0 bridgehead atoms. The summed E-state index contributed by atoms with van der Waals surface area (Å²) in [4.78, 5) is 6.60. The first-order chi connectivity index (χ1) is 9.65. The summed E-state index contributed by atoms with van der Waals surface area (Å²) in [5, 5.41) is 1.10. The first-order valence-corrected chi connectivity index (χ1v) is 6.58. The zero-order chi connectivity index (χ0) is 14.1. The van der Waals surface area contributed by atoms with Gasteiger partial charge in [-0.25, -0.2) is 4.98 Å². The number of aromatic nitrogens is 1. The Hall–Kier alpha value is -2.55. The number of nitrogens with two attached hydrogens (primary N) is 1. The Bertz CT molecular complexity index is 749. The van der Waals surface area contributed by atoms with Crippen LogP contribution in [0.2, 0.25) is 0 Å². The topological polar surface area (TPSA) is 42.1 Å². The molecule has 3 aromatic rings. The van der Waals surface area contributed by atoms with E-state index in [2.05, 4.69) is 34.1 Å². The summed E-state index contributed by atoms with van der Waals surface area (Å²) in [5.74, 6) is 0.569. The third kappa shape index (κ3) is 2.18. The van der Waals surface area contributed by atoms with Crippen LogP contribution in [0.25, 0.3) is 22.0 Å². The second-order valence-electron chi connectivity index (χ2n) is 5.06. The predicted molar refractivity (Wildman–Crippen MR) is 85.9 cm³/mol. The Kier molecular flexibility index (Phi) is 3.03. The van der Waals surface area contributed by atoms with Gasteiger partial charge >= 0.3 is 0 Å². The molecule has 0 fully saturated rings. The number of hydrogen-bond donors (Lipinski definition) is 1. The van der Waals surface area contributed by atoms with E-state index in [0.29, 0.717) is 5.82 Å². The number of nitrogen functional groups attached to an aromatic ring is 1. The lowest BCUT2D eigenvalue weighted by atomic mass is 10.0. The van der Waals surface area contributed by atoms with E-state index < -0.39 is 0 Å². The Morgan fingerprint density at radius 3 is 2.40 bits per heavy atom. The first kappa shape index (κ1) is 12.5. The van der Waals surface area contributed by atoms with Crippen LogP contribution in [-0.2, 0) is 0 Å². The third-order valence-electron chi connectivity index (χ3n) is 3.43. The van der Waals surface area contributed by atoms with E-state index >= 15 is 0 Å². The normalized spacial score (nSPS) is 10.7. The van der Waals surface area contributed by atoms with Crippen molar-refractivity contribution >= 4 is 22.4 Å². The summed E-state index contributed by atoms with van der Waals surface area (Å²) in [7, 11) is 4.03. The third-order valence-corrected chi connectivity index (χ3v) is 3.43. The van der Waals surface area contributed by atoms with Crippen molar-refractivity contribution in [3.05, 3.63) is 54.6 Å². The first-order valence-electron chi connectivity index (χ1n) is 6.58. The van der Waals surface area contributed by atoms with E-state index in [1.165, 1.54) is 0 Å². The molecule has 0 atom stereocenters. The number of hydrogen-bond acceptors (Lipinski definition) is 3. The van der Waals surface area contributed by atoms with E-state index in [4.69, 9.17) is 5.73 Å². The number of pyridine rings is 1. The molecule has 1 heterocycles. The van der Waals surface area contributed by atoms with E-state index in [0.717, 1.165) is 27.7 Å². The van der Waals surface area contributed by atoms with E-state index in [1.807, 2.05) is 44.4 Å². The molecule has 0 aliphatic carbocycles. The number of anilines is 2. The van der Waals surface area contributed by atoms with Crippen molar-refractivity contribution in [3.8, 4) is 11.1 Å². The van der Waals surface area contributed by atoms with E-state index in [-0.39, 0.29) is 0 Å². The molecular weight excluding hydrogens is 246 g/mol. The van der Waals surface area contributed by atoms with Crippen LogP contribution >= 0.6 is 0 Å². The molecule has 2 N–H and O–H groups in total. The van der Waals surface area contributed by atoms with Crippen molar-refractivity contribution < 1.29 is 0 Å². The second kappa shape index (κ2) is 4.85. The number of rotatable bonds is 2. The summed E-state index contributed by atoms with van der Waals surface area (Å²) in [6.45, 7) is 0. The van der Waals surface area contributed by atoms with Crippen molar-refractivity contribution in [2.24, 2.45) is 0 Å². The number of benzene rings is 2. The van der Waals surface area contributed by atoms with E-state index in [1.54, 1.807) is 0 Å². The minimum Gasteiger partial charge on any atom is -0.383 e. The molecule has 0 saturated heterocycles. The van der Waals surface area contributed by atoms with Gasteiger partial charge in [-0.2, -0.15) is 0 Å². The van der Waals surface area contributed by atoms with Crippen LogP contribution in [0.1, 0.15) is 0 Å². The molecule has 100 valence electrons. The van der Waals surface area contributed by atoms with Crippen LogP contribution in [0.15, 0.2) is 54.6 Å². The Balaban J connectivity index is 2.18. The monoisotopic (exact) mass is 263 g/mol. The van der Waals surface area contributed by atoms with Gasteiger partial charge in [-0.15, -0.1) is 0 Å². The van der Waals surface area contributed by atoms with Gasteiger partial charge in [0, 0.05) is 30.7 Å². The highest BCUT2D eigenvalue weighted by atomic mass is 15.1. The molecule has 0 amide bonds. The standard InChI is InChI=1S/C17H17N3/c1-20(2)14-9-8-13-10-15(12-6-4-3-5-7-12)17(18)19-16(13)11-14/h3-11H,1-2H3,(H2,18,19). The highest BCUT2D eigenvalue weighted by Crippen LogP contribution is 2.29. The summed E-state index contributed by atoms with van der Waals surface area (Å²) in [5.41, 5.74) is 10.2. The molecule has 1 aromatic heterocycles. The van der Waals surface area contributed by atoms with E-state index in [9.17, 15) is 0 Å². The largest absolute Gasteiger partial charge is 0.383 e.